The minimum Gasteiger partial charge on any atom is -0.541 e. The standard InChI is InChI=1S/C18H30O3Si/c1-8-15(19)11-9-14-10-12-16(17(13-14)20-5)21-22(6,7)18(2,3)4/h10,12-13H,8-9,11H2,1-7H3. The van der Waals surface area contributed by atoms with Gasteiger partial charge in [0.1, 0.15) is 11.5 Å². The van der Waals surface area contributed by atoms with Crippen molar-refractivity contribution in [3.8, 4) is 11.5 Å². The third-order valence-electron chi connectivity index (χ3n) is 4.49. The van der Waals surface area contributed by atoms with Gasteiger partial charge >= 0.3 is 0 Å². The van der Waals surface area contributed by atoms with E-state index in [1.807, 2.05) is 25.1 Å². The maximum atomic E-state index is 11.5. The van der Waals surface area contributed by atoms with Gasteiger partial charge < -0.3 is 9.16 Å². The molecular formula is C18H30O3Si. The number of aryl methyl sites for hydroxylation is 1. The molecule has 1 aromatic rings. The summed E-state index contributed by atoms with van der Waals surface area (Å²) in [5, 5.41) is 0.143. The van der Waals surface area contributed by atoms with E-state index in [1.165, 1.54) is 0 Å². The third kappa shape index (κ3) is 4.87. The Hall–Kier alpha value is -1.29. The zero-order valence-corrected chi connectivity index (χ0v) is 16.1. The fraction of sp³-hybridized carbons (Fsp3) is 0.611. The van der Waals surface area contributed by atoms with Gasteiger partial charge in [-0.05, 0) is 42.2 Å². The quantitative estimate of drug-likeness (QED) is 0.663. The summed E-state index contributed by atoms with van der Waals surface area (Å²) in [7, 11) is -0.226. The zero-order chi connectivity index (χ0) is 17.0. The first-order chi connectivity index (χ1) is 10.1. The van der Waals surface area contributed by atoms with Crippen molar-refractivity contribution in [2.75, 3.05) is 7.11 Å². The molecule has 0 spiro atoms. The van der Waals surface area contributed by atoms with E-state index in [-0.39, 0.29) is 5.04 Å². The first kappa shape index (κ1) is 18.8. The first-order valence-corrected chi connectivity index (χ1v) is 10.9. The second-order valence-electron chi connectivity index (χ2n) is 7.24. The molecule has 0 saturated carbocycles. The Kier molecular flexibility index (Phi) is 6.24. The Labute approximate surface area is 136 Å². The normalized spacial score (nSPS) is 12.1. The van der Waals surface area contributed by atoms with Crippen LogP contribution in [0.1, 0.15) is 46.1 Å². The van der Waals surface area contributed by atoms with E-state index in [0.717, 1.165) is 23.5 Å². The van der Waals surface area contributed by atoms with Gasteiger partial charge in [-0.1, -0.05) is 33.8 Å². The Morgan fingerprint density at radius 1 is 1.18 bits per heavy atom. The van der Waals surface area contributed by atoms with Crippen molar-refractivity contribution in [1.82, 2.24) is 0 Å². The highest BCUT2D eigenvalue weighted by Crippen LogP contribution is 2.40. The zero-order valence-electron chi connectivity index (χ0n) is 15.1. The molecule has 0 amide bonds. The van der Waals surface area contributed by atoms with E-state index >= 15 is 0 Å². The molecule has 0 radical (unpaired) electrons. The number of benzene rings is 1. The van der Waals surface area contributed by atoms with E-state index in [1.54, 1.807) is 7.11 Å². The number of Topliss-reactive ketones (excluding diaryl/α,β-unsaturated/α-hetero) is 1. The van der Waals surface area contributed by atoms with Gasteiger partial charge in [0.25, 0.3) is 8.32 Å². The topological polar surface area (TPSA) is 35.5 Å². The van der Waals surface area contributed by atoms with Crippen LogP contribution in [0.4, 0.5) is 0 Å². The van der Waals surface area contributed by atoms with Crippen LogP contribution >= 0.6 is 0 Å². The Morgan fingerprint density at radius 3 is 2.32 bits per heavy atom. The van der Waals surface area contributed by atoms with Crippen LogP contribution in [0.25, 0.3) is 0 Å². The molecular weight excluding hydrogens is 292 g/mol. The van der Waals surface area contributed by atoms with Crippen molar-refractivity contribution in [3.05, 3.63) is 23.8 Å². The average molecular weight is 323 g/mol. The van der Waals surface area contributed by atoms with Gasteiger partial charge in [0.15, 0.2) is 5.75 Å². The van der Waals surface area contributed by atoms with E-state index in [2.05, 4.69) is 33.9 Å². The van der Waals surface area contributed by atoms with Crippen molar-refractivity contribution in [2.45, 2.75) is 65.1 Å². The molecule has 0 atom stereocenters. The molecule has 3 nitrogen and oxygen atoms in total. The number of hydrogen-bond acceptors (Lipinski definition) is 3. The number of rotatable bonds is 7. The molecule has 22 heavy (non-hydrogen) atoms. The van der Waals surface area contributed by atoms with Crippen molar-refractivity contribution >= 4 is 14.1 Å². The second-order valence-corrected chi connectivity index (χ2v) is 12.0. The summed E-state index contributed by atoms with van der Waals surface area (Å²) in [5.41, 5.74) is 1.11. The monoisotopic (exact) mass is 322 g/mol. The predicted molar refractivity (Wildman–Crippen MR) is 94.4 cm³/mol. The highest BCUT2D eigenvalue weighted by atomic mass is 28.4. The summed E-state index contributed by atoms with van der Waals surface area (Å²) < 4.78 is 11.8. The van der Waals surface area contributed by atoms with Gasteiger partial charge in [-0.25, -0.2) is 0 Å². The minimum atomic E-state index is -1.89. The molecule has 1 aromatic carbocycles. The Balaban J connectivity index is 2.92. The lowest BCUT2D eigenvalue weighted by Gasteiger charge is -2.36. The number of carbonyl (C=O) groups excluding carboxylic acids is 1. The highest BCUT2D eigenvalue weighted by molar-refractivity contribution is 6.74. The molecule has 0 aliphatic heterocycles. The molecule has 0 aliphatic carbocycles. The van der Waals surface area contributed by atoms with Gasteiger partial charge in [0.05, 0.1) is 7.11 Å². The molecule has 4 heteroatoms. The van der Waals surface area contributed by atoms with Crippen molar-refractivity contribution in [1.29, 1.82) is 0 Å². The molecule has 0 fully saturated rings. The van der Waals surface area contributed by atoms with E-state index in [0.29, 0.717) is 18.6 Å². The largest absolute Gasteiger partial charge is 0.541 e. The maximum absolute atomic E-state index is 11.5. The Morgan fingerprint density at radius 2 is 1.82 bits per heavy atom. The van der Waals surface area contributed by atoms with Gasteiger partial charge in [-0.2, -0.15) is 0 Å². The summed E-state index contributed by atoms with van der Waals surface area (Å²) in [6.45, 7) is 13.0. The van der Waals surface area contributed by atoms with Gasteiger partial charge in [0, 0.05) is 12.8 Å². The molecule has 0 unspecified atom stereocenters. The molecule has 0 aromatic heterocycles. The van der Waals surface area contributed by atoms with E-state index in [4.69, 9.17) is 9.16 Å². The van der Waals surface area contributed by atoms with Crippen LogP contribution in [0.3, 0.4) is 0 Å². The number of hydrogen-bond donors (Lipinski definition) is 0. The molecule has 0 heterocycles. The van der Waals surface area contributed by atoms with Crippen LogP contribution in [-0.4, -0.2) is 21.2 Å². The van der Waals surface area contributed by atoms with Crippen LogP contribution in [0.2, 0.25) is 18.1 Å². The van der Waals surface area contributed by atoms with Crippen LogP contribution in [0.15, 0.2) is 18.2 Å². The molecule has 0 bridgehead atoms. The van der Waals surface area contributed by atoms with E-state index in [9.17, 15) is 4.79 Å². The van der Waals surface area contributed by atoms with Gasteiger partial charge in [-0.15, -0.1) is 0 Å². The molecule has 0 N–H and O–H groups in total. The second kappa shape index (κ2) is 7.31. The fourth-order valence-corrected chi connectivity index (χ4v) is 2.86. The van der Waals surface area contributed by atoms with Crippen LogP contribution in [-0.2, 0) is 11.2 Å². The lowest BCUT2D eigenvalue weighted by Crippen LogP contribution is -2.43. The summed E-state index contributed by atoms with van der Waals surface area (Å²) >= 11 is 0. The third-order valence-corrected chi connectivity index (χ3v) is 8.83. The molecule has 0 saturated heterocycles. The highest BCUT2D eigenvalue weighted by Gasteiger charge is 2.39. The number of methoxy groups -OCH3 is 1. The minimum absolute atomic E-state index is 0.143. The first-order valence-electron chi connectivity index (χ1n) is 7.98. The molecule has 0 aliphatic rings. The number of carbonyl (C=O) groups is 1. The SMILES string of the molecule is CCC(=O)CCc1ccc(O[Si](C)(C)C(C)(C)C)c(OC)c1. The molecule has 124 valence electrons. The maximum Gasteiger partial charge on any atom is 0.250 e. The summed E-state index contributed by atoms with van der Waals surface area (Å²) in [6, 6.07) is 6.00. The van der Waals surface area contributed by atoms with Gasteiger partial charge in [-0.3, -0.25) is 4.79 Å². The number of ether oxygens (including phenoxy) is 1. The summed E-state index contributed by atoms with van der Waals surface area (Å²) in [5.74, 6) is 1.85. The van der Waals surface area contributed by atoms with Crippen LogP contribution in [0, 0.1) is 0 Å². The summed E-state index contributed by atoms with van der Waals surface area (Å²) in [4.78, 5) is 11.5. The van der Waals surface area contributed by atoms with Crippen molar-refractivity contribution in [2.24, 2.45) is 0 Å². The smallest absolute Gasteiger partial charge is 0.250 e. The van der Waals surface area contributed by atoms with E-state index < -0.39 is 8.32 Å². The summed E-state index contributed by atoms with van der Waals surface area (Å²) in [6.07, 6.45) is 1.94. The van der Waals surface area contributed by atoms with Crippen molar-refractivity contribution in [3.63, 3.8) is 0 Å². The Bertz CT molecular complexity index is 516. The number of ketones is 1. The van der Waals surface area contributed by atoms with Crippen LogP contribution in [0.5, 0.6) is 11.5 Å². The fourth-order valence-electron chi connectivity index (χ4n) is 1.84. The lowest BCUT2D eigenvalue weighted by molar-refractivity contribution is -0.118. The molecule has 1 rings (SSSR count). The van der Waals surface area contributed by atoms with Gasteiger partial charge in [0.2, 0.25) is 0 Å². The van der Waals surface area contributed by atoms with Crippen LogP contribution < -0.4 is 9.16 Å². The predicted octanol–water partition coefficient (Wildman–Crippen LogP) is 4.99. The average Bonchev–Trinajstić information content (AvgIpc) is 2.44. The van der Waals surface area contributed by atoms with Crippen molar-refractivity contribution < 1.29 is 14.0 Å². The lowest BCUT2D eigenvalue weighted by atomic mass is 10.1.